The van der Waals surface area contributed by atoms with Gasteiger partial charge in [-0.05, 0) is 24.3 Å². The molecule has 0 aromatic heterocycles. The maximum Gasteiger partial charge on any atom is 0.262 e. The number of hydrogen-bond donors (Lipinski definition) is 0. The van der Waals surface area contributed by atoms with Crippen molar-refractivity contribution in [3.8, 4) is 0 Å². The smallest absolute Gasteiger partial charge is 0.262 e. The average Bonchev–Trinajstić information content (AvgIpc) is 2.56. The summed E-state index contributed by atoms with van der Waals surface area (Å²) in [7, 11) is -3.41. The average molecular weight is 529 g/mol. The van der Waals surface area contributed by atoms with Crippen LogP contribution < -0.4 is 3.93 Å². The molecule has 2 rings (SSSR count). The summed E-state index contributed by atoms with van der Waals surface area (Å²) in [6.45, 7) is 1.50. The van der Waals surface area contributed by atoms with Gasteiger partial charge in [-0.25, -0.2) is 12.3 Å². The molecule has 0 radical (unpaired) electrons. The summed E-state index contributed by atoms with van der Waals surface area (Å²) in [5.74, 6) is -0.0313. The van der Waals surface area contributed by atoms with Crippen molar-refractivity contribution in [2.75, 3.05) is 3.93 Å². The third-order valence-electron chi connectivity index (χ3n) is 2.48. The van der Waals surface area contributed by atoms with Crippen LogP contribution in [0.3, 0.4) is 0 Å². The van der Waals surface area contributed by atoms with E-state index in [2.05, 4.69) is 48.4 Å². The van der Waals surface area contributed by atoms with Crippen molar-refractivity contribution in [2.24, 2.45) is 0 Å². The van der Waals surface area contributed by atoms with Crippen LogP contribution in [-0.2, 0) is 14.8 Å². The molecular formula is C14H13Br3N2O3S. The van der Waals surface area contributed by atoms with Crippen LogP contribution in [0.2, 0.25) is 0 Å². The van der Waals surface area contributed by atoms with E-state index in [1.54, 1.807) is 18.2 Å². The van der Waals surface area contributed by atoms with Gasteiger partial charge in [0.1, 0.15) is 0 Å². The lowest BCUT2D eigenvalue weighted by Gasteiger charge is -2.10. The predicted molar refractivity (Wildman–Crippen MR) is 102 cm³/mol. The Morgan fingerprint density at radius 3 is 1.70 bits per heavy atom. The number of carbonyl (C=O) groups is 1. The Hall–Kier alpha value is -0.740. The van der Waals surface area contributed by atoms with Crippen LogP contribution in [0.4, 0.5) is 5.69 Å². The van der Waals surface area contributed by atoms with Crippen molar-refractivity contribution in [1.82, 2.24) is 2.36 Å². The minimum atomic E-state index is -3.41. The second-order valence-electron chi connectivity index (χ2n) is 4.13. The van der Waals surface area contributed by atoms with Crippen molar-refractivity contribution in [3.63, 3.8) is 0 Å². The number of hydrogen-bond acceptors (Lipinski definition) is 3. The Morgan fingerprint density at radius 2 is 1.30 bits per heavy atom. The molecule has 23 heavy (non-hydrogen) atoms. The first-order valence-electron chi connectivity index (χ1n) is 6.20. The molecule has 0 aliphatic carbocycles. The maximum atomic E-state index is 11.4. The molecule has 0 heterocycles. The highest BCUT2D eigenvalue weighted by Gasteiger charge is 2.19. The van der Waals surface area contributed by atoms with Gasteiger partial charge in [-0.2, -0.15) is 0 Å². The van der Waals surface area contributed by atoms with Crippen LogP contribution in [0.25, 0.3) is 0 Å². The van der Waals surface area contributed by atoms with Gasteiger partial charge in [0.05, 0.1) is 26.7 Å². The monoisotopic (exact) mass is 526 g/mol. The lowest BCUT2D eigenvalue weighted by atomic mass is 10.3. The Balaban J connectivity index is 0.000000231. The minimum Gasteiger partial charge on any atom is -0.274 e. The highest BCUT2D eigenvalue weighted by molar-refractivity contribution is 9.22. The molecule has 124 valence electrons. The summed E-state index contributed by atoms with van der Waals surface area (Å²) in [5, 5.41) is 0. The van der Waals surface area contributed by atoms with Crippen LogP contribution in [-0.4, -0.2) is 16.7 Å². The zero-order valence-corrected chi connectivity index (χ0v) is 17.5. The third kappa shape index (κ3) is 6.34. The van der Waals surface area contributed by atoms with E-state index in [0.29, 0.717) is 0 Å². The van der Waals surface area contributed by atoms with Crippen molar-refractivity contribution >= 4 is 70.1 Å². The quantitative estimate of drug-likeness (QED) is 0.545. The summed E-state index contributed by atoms with van der Waals surface area (Å²) in [4.78, 5) is 11.1. The van der Waals surface area contributed by atoms with Gasteiger partial charge in [-0.1, -0.05) is 38.8 Å². The fourth-order valence-corrected chi connectivity index (χ4v) is 3.31. The van der Waals surface area contributed by atoms with Crippen LogP contribution in [0.1, 0.15) is 6.92 Å². The lowest BCUT2D eigenvalue weighted by Crippen LogP contribution is -2.15. The largest absolute Gasteiger partial charge is 0.274 e. The van der Waals surface area contributed by atoms with E-state index in [1.807, 2.05) is 30.3 Å². The minimum absolute atomic E-state index is 0.0313. The normalized spacial score (nSPS) is 10.7. The van der Waals surface area contributed by atoms with Crippen LogP contribution in [0, 0.1) is 0 Å². The molecule has 2 aromatic carbocycles. The van der Waals surface area contributed by atoms with Gasteiger partial charge in [0.2, 0.25) is 5.91 Å². The summed E-state index contributed by atoms with van der Waals surface area (Å²) < 4.78 is 25.0. The highest BCUT2D eigenvalue weighted by atomic mass is 79.9. The van der Waals surface area contributed by atoms with E-state index < -0.39 is 10.0 Å². The molecule has 0 fully saturated rings. The molecule has 0 saturated heterocycles. The molecule has 0 saturated carbocycles. The molecule has 1 amide bonds. The Bertz CT molecular complexity index is 725. The molecule has 0 atom stereocenters. The van der Waals surface area contributed by atoms with Gasteiger partial charge in [0, 0.05) is 39.2 Å². The fourth-order valence-electron chi connectivity index (χ4n) is 1.41. The van der Waals surface area contributed by atoms with Crippen molar-refractivity contribution in [3.05, 3.63) is 60.7 Å². The third-order valence-corrected chi connectivity index (χ3v) is 6.91. The number of halogens is 3. The molecule has 2 aromatic rings. The van der Waals surface area contributed by atoms with Gasteiger partial charge in [-0.15, -0.1) is 0 Å². The Labute approximate surface area is 161 Å². The summed E-state index contributed by atoms with van der Waals surface area (Å²) in [6, 6.07) is 17.5. The molecular weight excluding hydrogens is 516 g/mol. The second kappa shape index (κ2) is 9.53. The Morgan fingerprint density at radius 1 is 0.870 bits per heavy atom. The standard InChI is InChI=1S/C8H8BrNO.C6H5Br2NO2S/c1-7(11)10(9)8-5-3-2-4-6-8;7-9(8)12(10,11)6-4-2-1-3-5-6/h2-6H,1H3;1-5H. The first-order chi connectivity index (χ1) is 10.8. The first-order valence-corrected chi connectivity index (χ1v) is 9.77. The fraction of sp³-hybridized carbons (Fsp3) is 0.0714. The van der Waals surface area contributed by atoms with E-state index in [1.165, 1.54) is 23.0 Å². The van der Waals surface area contributed by atoms with Crippen molar-refractivity contribution < 1.29 is 13.2 Å². The lowest BCUT2D eigenvalue weighted by molar-refractivity contribution is -0.115. The van der Waals surface area contributed by atoms with Crippen molar-refractivity contribution in [2.45, 2.75) is 11.8 Å². The van der Waals surface area contributed by atoms with E-state index in [0.717, 1.165) is 8.04 Å². The molecule has 0 N–H and O–H groups in total. The zero-order chi connectivity index (χ0) is 17.5. The predicted octanol–water partition coefficient (Wildman–Crippen LogP) is 4.65. The molecule has 0 bridgehead atoms. The number of amides is 1. The molecule has 9 heteroatoms. The number of nitrogens with zero attached hydrogens (tertiary/aromatic N) is 2. The van der Waals surface area contributed by atoms with E-state index in [4.69, 9.17) is 0 Å². The van der Waals surface area contributed by atoms with Gasteiger partial charge in [0.25, 0.3) is 10.0 Å². The number of rotatable bonds is 3. The summed E-state index contributed by atoms with van der Waals surface area (Å²) in [6.07, 6.45) is 0. The zero-order valence-electron chi connectivity index (χ0n) is 11.9. The van der Waals surface area contributed by atoms with Gasteiger partial charge >= 0.3 is 0 Å². The van der Waals surface area contributed by atoms with Crippen LogP contribution in [0.15, 0.2) is 65.6 Å². The van der Waals surface area contributed by atoms with E-state index in [-0.39, 0.29) is 10.8 Å². The number of para-hydroxylation sites is 1. The topological polar surface area (TPSA) is 57.7 Å². The first kappa shape index (κ1) is 20.3. The van der Waals surface area contributed by atoms with E-state index >= 15 is 0 Å². The number of anilines is 1. The van der Waals surface area contributed by atoms with Gasteiger partial charge < -0.3 is 0 Å². The summed E-state index contributed by atoms with van der Waals surface area (Å²) in [5.41, 5.74) is 0.847. The summed E-state index contributed by atoms with van der Waals surface area (Å²) >= 11 is 8.72. The molecule has 5 nitrogen and oxygen atoms in total. The molecule has 0 spiro atoms. The number of sulfonamides is 1. The molecule has 0 aliphatic heterocycles. The van der Waals surface area contributed by atoms with Crippen LogP contribution >= 0.6 is 48.4 Å². The number of benzene rings is 2. The van der Waals surface area contributed by atoms with E-state index in [9.17, 15) is 13.2 Å². The van der Waals surface area contributed by atoms with Crippen LogP contribution in [0.5, 0.6) is 0 Å². The second-order valence-corrected chi connectivity index (χ2v) is 9.93. The van der Waals surface area contributed by atoms with Gasteiger partial charge in [0.15, 0.2) is 0 Å². The molecule has 0 unspecified atom stereocenters. The maximum absolute atomic E-state index is 11.4. The SMILES string of the molecule is CC(=O)N(Br)c1ccccc1.O=S(=O)(c1ccccc1)N(Br)Br. The highest BCUT2D eigenvalue weighted by Crippen LogP contribution is 2.21. The van der Waals surface area contributed by atoms with Gasteiger partial charge in [-0.3, -0.25) is 4.79 Å². The van der Waals surface area contributed by atoms with Crippen molar-refractivity contribution in [1.29, 1.82) is 0 Å². The Kier molecular flexibility index (Phi) is 8.41. The molecule has 0 aliphatic rings. The number of carbonyl (C=O) groups excluding carboxylic acids is 1.